The van der Waals surface area contributed by atoms with Gasteiger partial charge in [0, 0.05) is 12.1 Å². The maximum absolute atomic E-state index is 8.90. The van der Waals surface area contributed by atoms with Gasteiger partial charge in [-0.1, -0.05) is 6.07 Å². The molecule has 3 aromatic rings. The molecule has 0 radical (unpaired) electrons. The Hall–Kier alpha value is -2.58. The van der Waals surface area contributed by atoms with Gasteiger partial charge in [-0.2, -0.15) is 10.4 Å². The molecule has 0 amide bonds. The van der Waals surface area contributed by atoms with Crippen LogP contribution < -0.4 is 5.32 Å². The number of thiophene rings is 1. The van der Waals surface area contributed by atoms with Crippen LogP contribution in [0.2, 0.25) is 0 Å². The van der Waals surface area contributed by atoms with Crippen LogP contribution in [0.15, 0.2) is 41.8 Å². The van der Waals surface area contributed by atoms with Crippen molar-refractivity contribution < 1.29 is 0 Å². The summed E-state index contributed by atoms with van der Waals surface area (Å²) in [6.07, 6.45) is 0.999. The summed E-state index contributed by atoms with van der Waals surface area (Å²) in [5.74, 6) is 1.07. The minimum absolute atomic E-state index is 0.661. The number of anilines is 1. The molecule has 0 atom stereocenters. The van der Waals surface area contributed by atoms with Crippen LogP contribution in [0.4, 0.5) is 5.82 Å². The SMILES string of the molecule is N#Cc1ccc(-n2nc(-c3cccs3)c3c2NCC3)cc1. The number of hydrogen-bond donors (Lipinski definition) is 1. The highest BCUT2D eigenvalue weighted by molar-refractivity contribution is 7.13. The van der Waals surface area contributed by atoms with Crippen LogP contribution in [-0.2, 0) is 6.42 Å². The fourth-order valence-corrected chi connectivity index (χ4v) is 3.39. The number of hydrogen-bond acceptors (Lipinski definition) is 4. The van der Waals surface area contributed by atoms with E-state index in [4.69, 9.17) is 10.4 Å². The van der Waals surface area contributed by atoms with Crippen LogP contribution in [0.1, 0.15) is 11.1 Å². The molecular weight excluding hydrogens is 280 g/mol. The van der Waals surface area contributed by atoms with Gasteiger partial charge in [-0.05, 0) is 42.1 Å². The van der Waals surface area contributed by atoms with E-state index in [2.05, 4.69) is 28.9 Å². The number of nitrogens with zero attached hydrogens (tertiary/aromatic N) is 3. The van der Waals surface area contributed by atoms with Gasteiger partial charge in [0.1, 0.15) is 11.5 Å². The molecule has 2 aromatic heterocycles. The van der Waals surface area contributed by atoms with Crippen LogP contribution in [0.5, 0.6) is 0 Å². The van der Waals surface area contributed by atoms with Gasteiger partial charge in [0.15, 0.2) is 0 Å². The molecule has 1 aliphatic rings. The Kier molecular flexibility index (Phi) is 2.76. The van der Waals surface area contributed by atoms with Gasteiger partial charge in [0.2, 0.25) is 0 Å². The smallest absolute Gasteiger partial charge is 0.133 e. The highest BCUT2D eigenvalue weighted by atomic mass is 32.1. The second-order valence-corrected chi connectivity index (χ2v) is 5.85. The lowest BCUT2D eigenvalue weighted by atomic mass is 10.2. The van der Waals surface area contributed by atoms with Gasteiger partial charge in [-0.25, -0.2) is 4.68 Å². The van der Waals surface area contributed by atoms with Crippen molar-refractivity contribution in [2.24, 2.45) is 0 Å². The van der Waals surface area contributed by atoms with Gasteiger partial charge >= 0.3 is 0 Å². The molecule has 4 nitrogen and oxygen atoms in total. The van der Waals surface area contributed by atoms with Gasteiger partial charge < -0.3 is 5.32 Å². The van der Waals surface area contributed by atoms with Crippen LogP contribution >= 0.6 is 11.3 Å². The topological polar surface area (TPSA) is 53.6 Å². The summed E-state index contributed by atoms with van der Waals surface area (Å²) in [7, 11) is 0. The molecule has 1 aliphatic heterocycles. The molecule has 0 fully saturated rings. The van der Waals surface area contributed by atoms with E-state index in [1.165, 1.54) is 10.4 Å². The summed E-state index contributed by atoms with van der Waals surface area (Å²) in [6, 6.07) is 13.8. The zero-order valence-electron chi connectivity index (χ0n) is 11.2. The fraction of sp³-hybridized carbons (Fsp3) is 0.125. The maximum atomic E-state index is 8.90. The molecule has 1 aromatic carbocycles. The molecule has 21 heavy (non-hydrogen) atoms. The van der Waals surface area contributed by atoms with Crippen molar-refractivity contribution >= 4 is 17.2 Å². The van der Waals surface area contributed by atoms with E-state index in [1.807, 2.05) is 28.9 Å². The Balaban J connectivity index is 1.86. The molecule has 1 N–H and O–H groups in total. The van der Waals surface area contributed by atoms with Crippen LogP contribution in [0, 0.1) is 11.3 Å². The molecule has 0 saturated heterocycles. The quantitative estimate of drug-likeness (QED) is 0.787. The molecule has 0 spiro atoms. The van der Waals surface area contributed by atoms with Crippen LogP contribution in [0.3, 0.4) is 0 Å². The third kappa shape index (κ3) is 1.92. The lowest BCUT2D eigenvalue weighted by Gasteiger charge is -2.06. The normalized spacial score (nSPS) is 12.7. The van der Waals surface area contributed by atoms with E-state index in [1.54, 1.807) is 11.3 Å². The summed E-state index contributed by atoms with van der Waals surface area (Å²) >= 11 is 1.71. The van der Waals surface area contributed by atoms with Crippen molar-refractivity contribution in [3.05, 3.63) is 52.9 Å². The largest absolute Gasteiger partial charge is 0.369 e. The zero-order valence-corrected chi connectivity index (χ0v) is 12.0. The second-order valence-electron chi connectivity index (χ2n) is 4.90. The van der Waals surface area contributed by atoms with E-state index in [0.717, 1.165) is 30.2 Å². The monoisotopic (exact) mass is 292 g/mol. The molecule has 4 rings (SSSR count). The lowest BCUT2D eigenvalue weighted by Crippen LogP contribution is -2.04. The molecule has 0 aliphatic carbocycles. The van der Waals surface area contributed by atoms with Crippen molar-refractivity contribution in [1.29, 1.82) is 5.26 Å². The third-order valence-corrected chi connectivity index (χ3v) is 4.52. The summed E-state index contributed by atoms with van der Waals surface area (Å²) in [6.45, 7) is 0.946. The summed E-state index contributed by atoms with van der Waals surface area (Å²) in [4.78, 5) is 1.20. The summed E-state index contributed by atoms with van der Waals surface area (Å²) in [5, 5.41) is 19.2. The Labute approximate surface area is 126 Å². The van der Waals surface area contributed by atoms with Gasteiger partial charge in [-0.15, -0.1) is 11.3 Å². The fourth-order valence-electron chi connectivity index (χ4n) is 2.65. The van der Waals surface area contributed by atoms with Gasteiger partial charge in [0.25, 0.3) is 0 Å². The minimum Gasteiger partial charge on any atom is -0.369 e. The Bertz CT molecular complexity index is 823. The molecule has 5 heteroatoms. The van der Waals surface area contributed by atoms with Crippen LogP contribution in [0.25, 0.3) is 16.3 Å². The number of rotatable bonds is 2. The molecule has 0 unspecified atom stereocenters. The third-order valence-electron chi connectivity index (χ3n) is 3.65. The Morgan fingerprint density at radius 1 is 1.24 bits per heavy atom. The highest BCUT2D eigenvalue weighted by Gasteiger charge is 2.24. The maximum Gasteiger partial charge on any atom is 0.133 e. The Morgan fingerprint density at radius 3 is 2.81 bits per heavy atom. The predicted octanol–water partition coefficient (Wildman–Crippen LogP) is 3.44. The van der Waals surface area contributed by atoms with E-state index in [-0.39, 0.29) is 0 Å². The van der Waals surface area contributed by atoms with Crippen molar-refractivity contribution in [2.75, 3.05) is 11.9 Å². The van der Waals surface area contributed by atoms with E-state index in [9.17, 15) is 0 Å². The van der Waals surface area contributed by atoms with E-state index in [0.29, 0.717) is 5.56 Å². The van der Waals surface area contributed by atoms with Crippen molar-refractivity contribution in [3.8, 4) is 22.3 Å². The second kappa shape index (κ2) is 4.76. The minimum atomic E-state index is 0.661. The van der Waals surface area contributed by atoms with Crippen LogP contribution in [-0.4, -0.2) is 16.3 Å². The number of fused-ring (bicyclic) bond motifs is 1. The molecule has 3 heterocycles. The summed E-state index contributed by atoms with van der Waals surface area (Å²) in [5.41, 5.74) is 3.98. The number of nitriles is 1. The van der Waals surface area contributed by atoms with Crippen molar-refractivity contribution in [3.63, 3.8) is 0 Å². The molecule has 102 valence electrons. The first kappa shape index (κ1) is 12.2. The number of benzene rings is 1. The lowest BCUT2D eigenvalue weighted by molar-refractivity contribution is 0.883. The highest BCUT2D eigenvalue weighted by Crippen LogP contribution is 2.36. The first-order chi connectivity index (χ1) is 10.4. The predicted molar refractivity (Wildman–Crippen MR) is 83.8 cm³/mol. The first-order valence-corrected chi connectivity index (χ1v) is 7.65. The first-order valence-electron chi connectivity index (χ1n) is 6.77. The molecular formula is C16H12N4S. The van der Waals surface area contributed by atoms with Crippen molar-refractivity contribution in [2.45, 2.75) is 6.42 Å². The van der Waals surface area contributed by atoms with E-state index >= 15 is 0 Å². The number of aromatic nitrogens is 2. The van der Waals surface area contributed by atoms with E-state index < -0.39 is 0 Å². The molecule has 0 bridgehead atoms. The number of nitrogens with one attached hydrogen (secondary N) is 1. The molecule has 0 saturated carbocycles. The average Bonchev–Trinajstić information content (AvgIpc) is 3.24. The Morgan fingerprint density at radius 2 is 2.10 bits per heavy atom. The zero-order chi connectivity index (χ0) is 14.2. The van der Waals surface area contributed by atoms with Crippen molar-refractivity contribution in [1.82, 2.24) is 9.78 Å². The summed E-state index contributed by atoms with van der Waals surface area (Å²) < 4.78 is 1.94. The van der Waals surface area contributed by atoms with Gasteiger partial charge in [-0.3, -0.25) is 0 Å². The average molecular weight is 292 g/mol. The standard InChI is InChI=1S/C16H12N4S/c17-10-11-3-5-12(6-4-11)20-16-13(7-8-18-16)15(19-20)14-2-1-9-21-14/h1-6,9,18H,7-8H2. The van der Waals surface area contributed by atoms with Gasteiger partial charge in [0.05, 0.1) is 22.2 Å².